The van der Waals surface area contributed by atoms with Crippen LogP contribution in [0.1, 0.15) is 12.0 Å². The topological polar surface area (TPSA) is 52.6 Å². The van der Waals surface area contributed by atoms with E-state index in [1.807, 2.05) is 0 Å². The third-order valence-corrected chi connectivity index (χ3v) is 2.18. The summed E-state index contributed by atoms with van der Waals surface area (Å²) in [6.07, 6.45) is -6.32. The predicted molar refractivity (Wildman–Crippen MR) is 58.5 cm³/mol. The number of rotatable bonds is 5. The maximum Gasteiger partial charge on any atom is 0.450 e. The highest BCUT2D eigenvalue weighted by Crippen LogP contribution is 2.18. The molecule has 0 aliphatic carbocycles. The molecule has 4 nitrogen and oxygen atoms in total. The van der Waals surface area contributed by atoms with Crippen LogP contribution in [0, 0.1) is 0 Å². The van der Waals surface area contributed by atoms with E-state index in [-0.39, 0.29) is 6.61 Å². The van der Waals surface area contributed by atoms with Crippen LogP contribution in [0.3, 0.4) is 0 Å². The Morgan fingerprint density at radius 2 is 1.74 bits per heavy atom. The first-order valence-electron chi connectivity index (χ1n) is 5.21. The van der Waals surface area contributed by atoms with E-state index in [0.717, 1.165) is 0 Å². The van der Waals surface area contributed by atoms with Crippen molar-refractivity contribution in [1.82, 2.24) is 0 Å². The molecule has 0 bridgehead atoms. The maximum atomic E-state index is 11.9. The van der Waals surface area contributed by atoms with Crippen LogP contribution in [0.2, 0.25) is 0 Å². The van der Waals surface area contributed by atoms with Gasteiger partial charge in [0, 0.05) is 0 Å². The average Bonchev–Trinajstić information content (AvgIpc) is 2.35. The Kier molecular flexibility index (Phi) is 4.91. The zero-order valence-electron chi connectivity index (χ0n) is 9.99. The summed E-state index contributed by atoms with van der Waals surface area (Å²) < 4.78 is 45.1. The van der Waals surface area contributed by atoms with Crippen LogP contribution < -0.4 is 4.74 Å². The molecule has 1 rings (SSSR count). The minimum atomic E-state index is -5.01. The van der Waals surface area contributed by atoms with Crippen LogP contribution in [0.4, 0.5) is 13.2 Å². The van der Waals surface area contributed by atoms with Gasteiger partial charge in [0.25, 0.3) is 0 Å². The first kappa shape index (κ1) is 15.0. The highest BCUT2D eigenvalue weighted by molar-refractivity contribution is 5.98. The smallest absolute Gasteiger partial charge is 0.450 e. The standard InChI is InChI=1S/C12H11F3O4/c1-18-9-4-2-8(3-5-9)7-19-11(17)6-10(16)12(13,14)15/h2-5H,6-7H2,1H3. The molecule has 0 radical (unpaired) electrons. The number of benzene rings is 1. The third kappa shape index (κ3) is 4.99. The molecule has 19 heavy (non-hydrogen) atoms. The van der Waals surface area contributed by atoms with Gasteiger partial charge < -0.3 is 9.47 Å². The molecule has 7 heteroatoms. The van der Waals surface area contributed by atoms with Gasteiger partial charge in [-0.1, -0.05) is 12.1 Å². The van der Waals surface area contributed by atoms with Crippen LogP contribution in [0.5, 0.6) is 5.75 Å². The molecule has 0 amide bonds. The second-order valence-corrected chi connectivity index (χ2v) is 3.61. The number of esters is 1. The number of carbonyl (C=O) groups excluding carboxylic acids is 2. The Balaban J connectivity index is 2.43. The van der Waals surface area contributed by atoms with Gasteiger partial charge >= 0.3 is 12.1 Å². The Labute approximate surface area is 107 Å². The fourth-order valence-corrected chi connectivity index (χ4v) is 1.17. The van der Waals surface area contributed by atoms with E-state index in [1.165, 1.54) is 7.11 Å². The molecule has 104 valence electrons. The van der Waals surface area contributed by atoms with Gasteiger partial charge in [-0.25, -0.2) is 0 Å². The Morgan fingerprint density at radius 3 is 2.21 bits per heavy atom. The predicted octanol–water partition coefficient (Wildman–Crippen LogP) is 2.26. The summed E-state index contributed by atoms with van der Waals surface area (Å²) in [4.78, 5) is 21.6. The molecule has 0 atom stereocenters. The van der Waals surface area contributed by atoms with Crippen molar-refractivity contribution in [2.24, 2.45) is 0 Å². The average molecular weight is 276 g/mol. The van der Waals surface area contributed by atoms with Gasteiger partial charge in [0.2, 0.25) is 5.78 Å². The molecule has 0 N–H and O–H groups in total. The second kappa shape index (κ2) is 6.21. The summed E-state index contributed by atoms with van der Waals surface area (Å²) in [7, 11) is 1.48. The van der Waals surface area contributed by atoms with Crippen LogP contribution in [0.25, 0.3) is 0 Å². The van der Waals surface area contributed by atoms with Gasteiger partial charge in [-0.3, -0.25) is 9.59 Å². The van der Waals surface area contributed by atoms with Crippen molar-refractivity contribution in [3.8, 4) is 5.75 Å². The summed E-state index contributed by atoms with van der Waals surface area (Å²) in [5, 5.41) is 0. The van der Waals surface area contributed by atoms with Crippen LogP contribution >= 0.6 is 0 Å². The van der Waals surface area contributed by atoms with Crippen molar-refractivity contribution in [2.45, 2.75) is 19.2 Å². The Bertz CT molecular complexity index is 451. The number of carbonyl (C=O) groups is 2. The quantitative estimate of drug-likeness (QED) is 0.611. The third-order valence-electron chi connectivity index (χ3n) is 2.18. The van der Waals surface area contributed by atoms with Gasteiger partial charge in [-0.05, 0) is 17.7 Å². The van der Waals surface area contributed by atoms with Gasteiger partial charge in [0.15, 0.2) is 0 Å². The first-order valence-corrected chi connectivity index (χ1v) is 5.21. The SMILES string of the molecule is COc1ccc(COC(=O)CC(=O)C(F)(F)F)cc1. The first-order chi connectivity index (χ1) is 8.82. The minimum absolute atomic E-state index is 0.200. The van der Waals surface area contributed by atoms with Crippen molar-refractivity contribution in [3.63, 3.8) is 0 Å². The zero-order valence-corrected chi connectivity index (χ0v) is 9.99. The lowest BCUT2D eigenvalue weighted by Gasteiger charge is -2.07. The number of ether oxygens (including phenoxy) is 2. The van der Waals surface area contributed by atoms with Gasteiger partial charge in [0.1, 0.15) is 18.8 Å². The van der Waals surface area contributed by atoms with E-state index in [4.69, 9.17) is 4.74 Å². The molecule has 0 aromatic heterocycles. The van der Waals surface area contributed by atoms with Crippen LogP contribution in [-0.4, -0.2) is 25.0 Å². The lowest BCUT2D eigenvalue weighted by Crippen LogP contribution is -2.26. The lowest BCUT2D eigenvalue weighted by atomic mass is 10.2. The highest BCUT2D eigenvalue weighted by Gasteiger charge is 2.39. The van der Waals surface area contributed by atoms with Crippen molar-refractivity contribution in [1.29, 1.82) is 0 Å². The molecule has 0 unspecified atom stereocenters. The molecule has 1 aromatic rings. The molecule has 1 aromatic carbocycles. The molecular formula is C12H11F3O4. The largest absolute Gasteiger partial charge is 0.497 e. The number of hydrogen-bond acceptors (Lipinski definition) is 4. The number of alkyl halides is 3. The van der Waals surface area contributed by atoms with E-state index in [1.54, 1.807) is 24.3 Å². The van der Waals surface area contributed by atoms with Crippen molar-refractivity contribution >= 4 is 11.8 Å². The molecule has 0 aliphatic heterocycles. The number of methoxy groups -OCH3 is 1. The summed E-state index contributed by atoms with van der Waals surface area (Å²) in [6, 6.07) is 6.42. The molecule has 0 spiro atoms. The van der Waals surface area contributed by atoms with E-state index < -0.39 is 24.3 Å². The van der Waals surface area contributed by atoms with Gasteiger partial charge in [-0.2, -0.15) is 13.2 Å². The normalized spacial score (nSPS) is 10.9. The van der Waals surface area contributed by atoms with E-state index in [0.29, 0.717) is 11.3 Å². The van der Waals surface area contributed by atoms with Gasteiger partial charge in [-0.15, -0.1) is 0 Å². The molecular weight excluding hydrogens is 265 g/mol. The van der Waals surface area contributed by atoms with Crippen LogP contribution in [0.15, 0.2) is 24.3 Å². The number of halogens is 3. The minimum Gasteiger partial charge on any atom is -0.497 e. The molecule has 0 fully saturated rings. The van der Waals surface area contributed by atoms with Crippen molar-refractivity contribution in [2.75, 3.05) is 7.11 Å². The zero-order chi connectivity index (χ0) is 14.5. The highest BCUT2D eigenvalue weighted by atomic mass is 19.4. The molecule has 0 saturated carbocycles. The Hall–Kier alpha value is -2.05. The van der Waals surface area contributed by atoms with Gasteiger partial charge in [0.05, 0.1) is 7.11 Å². The fourth-order valence-electron chi connectivity index (χ4n) is 1.17. The van der Waals surface area contributed by atoms with Crippen molar-refractivity contribution < 1.29 is 32.2 Å². The monoisotopic (exact) mass is 276 g/mol. The summed E-state index contributed by atoms with van der Waals surface area (Å²) >= 11 is 0. The number of ketones is 1. The Morgan fingerprint density at radius 1 is 1.16 bits per heavy atom. The summed E-state index contributed by atoms with van der Waals surface area (Å²) in [6.45, 7) is -0.200. The summed E-state index contributed by atoms with van der Waals surface area (Å²) in [5.41, 5.74) is 0.577. The second-order valence-electron chi connectivity index (χ2n) is 3.61. The maximum absolute atomic E-state index is 11.9. The molecule has 0 saturated heterocycles. The number of Topliss-reactive ketones (excluding diaryl/α,β-unsaturated/α-hetero) is 1. The molecule has 0 heterocycles. The van der Waals surface area contributed by atoms with Crippen molar-refractivity contribution in [3.05, 3.63) is 29.8 Å². The van der Waals surface area contributed by atoms with E-state index in [2.05, 4.69) is 4.74 Å². The van der Waals surface area contributed by atoms with E-state index in [9.17, 15) is 22.8 Å². The number of hydrogen-bond donors (Lipinski definition) is 0. The van der Waals surface area contributed by atoms with E-state index >= 15 is 0 Å². The molecule has 0 aliphatic rings. The van der Waals surface area contributed by atoms with Crippen LogP contribution in [-0.2, 0) is 20.9 Å². The lowest BCUT2D eigenvalue weighted by molar-refractivity contribution is -0.175. The fraction of sp³-hybridized carbons (Fsp3) is 0.333. The summed E-state index contributed by atoms with van der Waals surface area (Å²) in [5.74, 6) is -2.73.